The molecular weight excluding hydrogens is 268 g/mol. The Labute approximate surface area is 116 Å². The van der Waals surface area contributed by atoms with Crippen LogP contribution in [0.4, 0.5) is 5.69 Å². The number of carbonyl (C=O) groups is 1. The number of hydrogen-bond donors (Lipinski definition) is 0. The van der Waals surface area contributed by atoms with E-state index in [2.05, 4.69) is 0 Å². The number of nitro groups is 1. The summed E-state index contributed by atoms with van der Waals surface area (Å²) >= 11 is 5.75. The second kappa shape index (κ2) is 5.17. The monoisotopic (exact) mass is 282 g/mol. The van der Waals surface area contributed by atoms with E-state index in [9.17, 15) is 14.9 Å². The average Bonchev–Trinajstić information content (AvgIpc) is 3.13. The molecule has 1 amide bonds. The summed E-state index contributed by atoms with van der Waals surface area (Å²) in [5.41, 5.74) is 0.0868. The molecule has 1 aromatic carbocycles. The first-order valence-electron chi connectivity index (χ1n) is 6.18. The molecule has 1 fully saturated rings. The van der Waals surface area contributed by atoms with Gasteiger partial charge in [0.25, 0.3) is 11.6 Å². The van der Waals surface area contributed by atoms with Gasteiger partial charge < -0.3 is 4.90 Å². The number of rotatable bonds is 4. The fourth-order valence-corrected chi connectivity index (χ4v) is 2.30. The van der Waals surface area contributed by atoms with E-state index >= 15 is 0 Å². The molecule has 0 saturated heterocycles. The van der Waals surface area contributed by atoms with E-state index in [4.69, 9.17) is 11.6 Å². The molecule has 0 spiro atoms. The van der Waals surface area contributed by atoms with Crippen LogP contribution < -0.4 is 0 Å². The zero-order valence-corrected chi connectivity index (χ0v) is 11.6. The Morgan fingerprint density at radius 1 is 1.47 bits per heavy atom. The molecule has 0 N–H and O–H groups in total. The quantitative estimate of drug-likeness (QED) is 0.629. The standard InChI is InChI=1S/C13H15ClN2O3/c1-8(2)15(10-4-5-10)13(17)9-3-6-11(14)12(7-9)16(18)19/h3,6-8,10H,4-5H2,1-2H3. The maximum absolute atomic E-state index is 12.4. The maximum atomic E-state index is 12.4. The van der Waals surface area contributed by atoms with Gasteiger partial charge in [0.15, 0.2) is 0 Å². The Morgan fingerprint density at radius 2 is 2.11 bits per heavy atom. The van der Waals surface area contributed by atoms with Crippen LogP contribution in [-0.4, -0.2) is 27.8 Å². The lowest BCUT2D eigenvalue weighted by molar-refractivity contribution is -0.384. The molecule has 19 heavy (non-hydrogen) atoms. The van der Waals surface area contributed by atoms with Gasteiger partial charge in [-0.25, -0.2) is 0 Å². The lowest BCUT2D eigenvalue weighted by Crippen LogP contribution is -2.38. The highest BCUT2D eigenvalue weighted by molar-refractivity contribution is 6.32. The fourth-order valence-electron chi connectivity index (χ4n) is 2.11. The lowest BCUT2D eigenvalue weighted by Gasteiger charge is -2.26. The van der Waals surface area contributed by atoms with Gasteiger partial charge in [0.1, 0.15) is 5.02 Å². The number of carbonyl (C=O) groups excluding carboxylic acids is 1. The summed E-state index contributed by atoms with van der Waals surface area (Å²) in [7, 11) is 0. The Kier molecular flexibility index (Phi) is 3.75. The molecule has 6 heteroatoms. The van der Waals surface area contributed by atoms with Gasteiger partial charge in [-0.2, -0.15) is 0 Å². The van der Waals surface area contributed by atoms with Crippen LogP contribution in [-0.2, 0) is 0 Å². The minimum atomic E-state index is -0.573. The molecule has 1 aliphatic carbocycles. The van der Waals surface area contributed by atoms with Gasteiger partial charge in [-0.15, -0.1) is 0 Å². The van der Waals surface area contributed by atoms with E-state index in [0.29, 0.717) is 5.56 Å². The Hall–Kier alpha value is -1.62. The molecule has 5 nitrogen and oxygen atoms in total. The van der Waals surface area contributed by atoms with Crippen molar-refractivity contribution in [2.45, 2.75) is 38.8 Å². The number of nitrogens with zero attached hydrogens (tertiary/aromatic N) is 2. The zero-order valence-electron chi connectivity index (χ0n) is 10.8. The van der Waals surface area contributed by atoms with Gasteiger partial charge >= 0.3 is 0 Å². The van der Waals surface area contributed by atoms with Crippen molar-refractivity contribution >= 4 is 23.2 Å². The Morgan fingerprint density at radius 3 is 2.58 bits per heavy atom. The number of hydrogen-bond acceptors (Lipinski definition) is 3. The zero-order chi connectivity index (χ0) is 14.2. The van der Waals surface area contributed by atoms with E-state index in [1.54, 1.807) is 4.90 Å². The van der Waals surface area contributed by atoms with E-state index in [1.807, 2.05) is 13.8 Å². The third-order valence-electron chi connectivity index (χ3n) is 3.12. The number of amides is 1. The van der Waals surface area contributed by atoms with E-state index < -0.39 is 4.92 Å². The van der Waals surface area contributed by atoms with Crippen molar-refractivity contribution in [2.24, 2.45) is 0 Å². The van der Waals surface area contributed by atoms with Gasteiger partial charge in [0, 0.05) is 23.7 Å². The van der Waals surface area contributed by atoms with Crippen molar-refractivity contribution in [3.8, 4) is 0 Å². The summed E-state index contributed by atoms with van der Waals surface area (Å²) in [6.07, 6.45) is 2.00. The van der Waals surface area contributed by atoms with E-state index in [0.717, 1.165) is 12.8 Å². The largest absolute Gasteiger partial charge is 0.333 e. The number of halogens is 1. The first kappa shape index (κ1) is 13.8. The molecule has 0 aliphatic heterocycles. The van der Waals surface area contributed by atoms with Gasteiger partial charge in [-0.3, -0.25) is 14.9 Å². The predicted molar refractivity (Wildman–Crippen MR) is 72.4 cm³/mol. The predicted octanol–water partition coefficient (Wildman–Crippen LogP) is 3.26. The van der Waals surface area contributed by atoms with Gasteiger partial charge in [0.2, 0.25) is 0 Å². The van der Waals surface area contributed by atoms with Crippen molar-refractivity contribution in [3.63, 3.8) is 0 Å². The topological polar surface area (TPSA) is 63.5 Å². The minimum Gasteiger partial charge on any atom is -0.333 e. The molecule has 0 aromatic heterocycles. The molecule has 0 bridgehead atoms. The van der Waals surface area contributed by atoms with Crippen molar-refractivity contribution in [3.05, 3.63) is 38.9 Å². The normalized spacial score (nSPS) is 14.5. The molecule has 1 saturated carbocycles. The van der Waals surface area contributed by atoms with Crippen LogP contribution in [0.15, 0.2) is 18.2 Å². The SMILES string of the molecule is CC(C)N(C(=O)c1ccc(Cl)c([N+](=O)[O-])c1)C1CC1. The molecule has 102 valence electrons. The second-order valence-electron chi connectivity index (χ2n) is 4.96. The van der Waals surface area contributed by atoms with Crippen LogP contribution in [0.5, 0.6) is 0 Å². The summed E-state index contributed by atoms with van der Waals surface area (Å²) < 4.78 is 0. The third kappa shape index (κ3) is 2.87. The van der Waals surface area contributed by atoms with Gasteiger partial charge in [-0.05, 0) is 38.8 Å². The number of benzene rings is 1. The molecule has 0 heterocycles. The Balaban J connectivity index is 2.32. The van der Waals surface area contributed by atoms with Crippen molar-refractivity contribution in [1.82, 2.24) is 4.90 Å². The van der Waals surface area contributed by atoms with Gasteiger partial charge in [-0.1, -0.05) is 11.6 Å². The fraction of sp³-hybridized carbons (Fsp3) is 0.462. The van der Waals surface area contributed by atoms with Crippen LogP contribution >= 0.6 is 11.6 Å². The summed E-state index contributed by atoms with van der Waals surface area (Å²) in [6.45, 7) is 3.89. The minimum absolute atomic E-state index is 0.0454. The molecule has 0 atom stereocenters. The van der Waals surface area contributed by atoms with Crippen molar-refractivity contribution in [1.29, 1.82) is 0 Å². The first-order chi connectivity index (χ1) is 8.91. The summed E-state index contributed by atoms with van der Waals surface area (Å²) in [4.78, 5) is 24.5. The van der Waals surface area contributed by atoms with Crippen LogP contribution in [0.25, 0.3) is 0 Å². The highest BCUT2D eigenvalue weighted by Crippen LogP contribution is 2.31. The van der Waals surface area contributed by atoms with Crippen LogP contribution in [0.3, 0.4) is 0 Å². The summed E-state index contributed by atoms with van der Waals surface area (Å²) in [5.74, 6) is -0.169. The van der Waals surface area contributed by atoms with Crippen LogP contribution in [0, 0.1) is 10.1 Å². The highest BCUT2D eigenvalue weighted by Gasteiger charge is 2.35. The molecule has 2 rings (SSSR count). The Bertz CT molecular complexity index is 525. The number of nitro benzene ring substituents is 1. The van der Waals surface area contributed by atoms with Crippen molar-refractivity contribution < 1.29 is 9.72 Å². The molecule has 1 aliphatic rings. The molecule has 0 unspecified atom stereocenters. The summed E-state index contributed by atoms with van der Waals surface area (Å²) in [5, 5.41) is 10.9. The molecular formula is C13H15ClN2O3. The second-order valence-corrected chi connectivity index (χ2v) is 5.37. The van der Waals surface area contributed by atoms with Crippen molar-refractivity contribution in [2.75, 3.05) is 0 Å². The molecule has 0 radical (unpaired) electrons. The van der Waals surface area contributed by atoms with Gasteiger partial charge in [0.05, 0.1) is 4.92 Å². The van der Waals surface area contributed by atoms with Crippen LogP contribution in [0.1, 0.15) is 37.0 Å². The highest BCUT2D eigenvalue weighted by atomic mass is 35.5. The summed E-state index contributed by atoms with van der Waals surface area (Å²) in [6, 6.07) is 4.54. The third-order valence-corrected chi connectivity index (χ3v) is 3.44. The smallest absolute Gasteiger partial charge is 0.288 e. The van der Waals surface area contributed by atoms with E-state index in [1.165, 1.54) is 18.2 Å². The first-order valence-corrected chi connectivity index (χ1v) is 6.56. The van der Waals surface area contributed by atoms with Crippen LogP contribution in [0.2, 0.25) is 5.02 Å². The van der Waals surface area contributed by atoms with E-state index in [-0.39, 0.29) is 28.7 Å². The maximum Gasteiger partial charge on any atom is 0.288 e. The molecule has 1 aromatic rings. The average molecular weight is 283 g/mol. The lowest BCUT2D eigenvalue weighted by atomic mass is 10.1.